The van der Waals surface area contributed by atoms with E-state index in [4.69, 9.17) is 0 Å². The molecule has 5 aliphatic heterocycles. The molecule has 5 atom stereocenters. The van der Waals surface area contributed by atoms with Crippen molar-refractivity contribution in [2.75, 3.05) is 112 Å². The number of carbonyl (C=O) groups excluding carboxylic acids is 5. The quantitative estimate of drug-likeness (QED) is 0.0194. The van der Waals surface area contributed by atoms with Crippen molar-refractivity contribution in [3.8, 4) is 0 Å². The standard InChI is InChI=1S/C26H35N3OS.C24H30FN3OS.C24H33N5O.C24H31N3OS.C23H29N3OS/c1-2-3-9-20(16-21-18-27-23-11-6-5-10-22(21)23)17-24(30)25-19-28-26(31-25)12-15-29-13-7-4-8-14-29;1-2-3-7-17(12-18-15-26-21-9-8-19(25)14-20(18)21)13-22(29)23-16-27-24(30-23)28-10-5-4-6-11-28;1-3-4-7-18(14-19-16-25-21-9-6-5-8-20(19)21)15-23(30)22-17-26-24(27-22)29-12-10-28(2)11-13-29;1-2-3-9-18(14-19-16-25-21-11-6-5-10-20(19)21)15-22(28)23-17-26-24(29-23)27-12-7-4-8-13-27;1-2-3-8-17(13-18-15-24-20-10-5-4-9-19(18)20)14-21(27)22-16-25-23(28-22)26-11-6-7-12-26/h5-6,10-11,18-20,27H,2-4,7-9,12-17H2,1H3;8-9,14-17,26H,2-7,10-13H2,1H3;5-6,8-9,16-18,25H,3-4,7,10-15H2,1-2H3,(H,26,27);5-6,10-11,16-18,25H,2-4,7-9,12-15H2,1H3;4-5,9-10,15-17,24H,2-3,6-8,11-14H2,1H3. The summed E-state index contributed by atoms with van der Waals surface area (Å²) >= 11 is 6.30. The number of likely N-dealkylation sites (tertiary alicyclic amines) is 1. The van der Waals surface area contributed by atoms with Gasteiger partial charge in [-0.1, -0.05) is 212 Å². The summed E-state index contributed by atoms with van der Waals surface area (Å²) in [6, 6.07) is 38.6. The number of hydrogen-bond donors (Lipinski definition) is 6. The van der Waals surface area contributed by atoms with Crippen molar-refractivity contribution in [3.05, 3.63) is 241 Å². The van der Waals surface area contributed by atoms with Crippen LogP contribution in [0, 0.1) is 35.4 Å². The zero-order valence-corrected chi connectivity index (χ0v) is 91.7. The molecule has 27 heteroatoms. The summed E-state index contributed by atoms with van der Waals surface area (Å²) in [6.45, 7) is 24.8. The van der Waals surface area contributed by atoms with Crippen LogP contribution in [0.3, 0.4) is 0 Å². The molecule has 5 aromatic carbocycles. The van der Waals surface area contributed by atoms with E-state index in [1.54, 1.807) is 70.9 Å². The van der Waals surface area contributed by atoms with Crippen molar-refractivity contribution < 1.29 is 28.4 Å². The second-order valence-electron chi connectivity index (χ2n) is 42.1. The molecule has 0 spiro atoms. The summed E-state index contributed by atoms with van der Waals surface area (Å²) in [5, 5.41) is 10.2. The second kappa shape index (κ2) is 56.7. The van der Waals surface area contributed by atoms with E-state index >= 15 is 0 Å². The number of nitrogens with one attached hydrogen (secondary N) is 6. The first kappa shape index (κ1) is 110. The van der Waals surface area contributed by atoms with Crippen LogP contribution in [0.4, 0.5) is 25.7 Å². The summed E-state index contributed by atoms with van der Waals surface area (Å²) in [7, 11) is 2.14. The van der Waals surface area contributed by atoms with E-state index in [0.717, 1.165) is 243 Å². The number of carbonyl (C=O) groups is 5. The number of anilines is 4. The molecule has 20 rings (SSSR count). The highest BCUT2D eigenvalue weighted by Crippen LogP contribution is 2.38. The van der Waals surface area contributed by atoms with E-state index in [0.29, 0.717) is 61.5 Å². The lowest BCUT2D eigenvalue weighted by atomic mass is 9.89. The Morgan fingerprint density at radius 2 is 0.642 bits per heavy atom. The molecule has 5 fully saturated rings. The van der Waals surface area contributed by atoms with E-state index in [2.05, 4.69) is 248 Å². The number of unbranched alkanes of at least 4 members (excludes halogenated alkanes) is 5. The van der Waals surface area contributed by atoms with Crippen LogP contribution in [-0.4, -0.2) is 186 Å². The summed E-state index contributed by atoms with van der Waals surface area (Å²) in [5.74, 6) is 3.46. The number of fused-ring (bicyclic) bond motifs is 5. The molecule has 5 aliphatic rings. The number of thiazole rings is 4. The van der Waals surface area contributed by atoms with E-state index in [-0.39, 0.29) is 40.7 Å². The number of likely N-dealkylation sites (N-methyl/N-ethyl adjacent to an activating group) is 1. The molecule has 148 heavy (non-hydrogen) atoms. The number of rotatable bonds is 47. The predicted octanol–water partition coefficient (Wildman–Crippen LogP) is 29.0. The minimum absolute atomic E-state index is 0.170. The molecule has 0 bridgehead atoms. The molecule has 0 radical (unpaired) electrons. The molecule has 5 unspecified atom stereocenters. The van der Waals surface area contributed by atoms with Gasteiger partial charge in [-0.05, 0) is 248 Å². The highest BCUT2D eigenvalue weighted by Gasteiger charge is 2.30. The van der Waals surface area contributed by atoms with Gasteiger partial charge in [0.1, 0.15) is 11.5 Å². The summed E-state index contributed by atoms with van der Waals surface area (Å²) in [6.07, 6.45) is 58.6. The fraction of sp³-hybridized carbons (Fsp3) is 0.504. The molecular weight excluding hydrogens is 1920 g/mol. The third-order valence-corrected chi connectivity index (χ3v) is 35.1. The van der Waals surface area contributed by atoms with Crippen LogP contribution in [0.1, 0.15) is 316 Å². The van der Waals surface area contributed by atoms with Gasteiger partial charge in [0.25, 0.3) is 0 Å². The highest BCUT2D eigenvalue weighted by molar-refractivity contribution is 7.18. The van der Waals surface area contributed by atoms with Crippen molar-refractivity contribution in [3.63, 3.8) is 0 Å². The Hall–Kier alpha value is -11.1. The number of para-hydroxylation sites is 4. The third kappa shape index (κ3) is 31.3. The summed E-state index contributed by atoms with van der Waals surface area (Å²) in [4.78, 5) is 125. The minimum Gasteiger partial charge on any atom is -0.361 e. The Morgan fingerprint density at radius 1 is 0.331 bits per heavy atom. The monoisotopic (exact) mass is 2080 g/mol. The van der Waals surface area contributed by atoms with Crippen LogP contribution < -0.4 is 19.6 Å². The zero-order valence-electron chi connectivity index (χ0n) is 88.5. The lowest BCUT2D eigenvalue weighted by Gasteiger charge is -2.32. The Kier molecular flexibility index (Phi) is 42.0. The molecule has 22 nitrogen and oxygen atoms in total. The van der Waals surface area contributed by atoms with Crippen LogP contribution in [0.15, 0.2) is 177 Å². The molecule has 5 saturated heterocycles. The summed E-state index contributed by atoms with van der Waals surface area (Å²) in [5.41, 5.74) is 12.7. The number of hydrogen-bond acceptors (Lipinski definition) is 20. The van der Waals surface area contributed by atoms with Gasteiger partial charge in [-0.25, -0.2) is 29.3 Å². The number of imidazole rings is 1. The zero-order chi connectivity index (χ0) is 103. The first-order valence-corrected chi connectivity index (χ1v) is 59.1. The average Bonchev–Trinajstić information content (AvgIpc) is 1.68. The molecule has 15 aromatic rings. The number of piperazine rings is 1. The lowest BCUT2D eigenvalue weighted by Crippen LogP contribution is -2.44. The topological polar surface area (TPSA) is 264 Å². The predicted molar refractivity (Wildman–Crippen MR) is 614 cm³/mol. The molecule has 10 aromatic heterocycles. The van der Waals surface area contributed by atoms with Gasteiger partial charge in [0.05, 0.1) is 49.3 Å². The Balaban J connectivity index is 0.000000132. The molecule has 0 saturated carbocycles. The number of halogens is 1. The number of H-pyrrole nitrogens is 6. The smallest absolute Gasteiger partial charge is 0.203 e. The number of ketones is 5. The summed E-state index contributed by atoms with van der Waals surface area (Å²) < 4.78 is 13.7. The second-order valence-corrected chi connectivity index (χ2v) is 46.3. The number of benzene rings is 5. The lowest BCUT2D eigenvalue weighted by molar-refractivity contribution is 0.0947. The van der Waals surface area contributed by atoms with Gasteiger partial charge < -0.3 is 59.3 Å². The SMILES string of the molecule is CCCCC(CC(=O)c1cnc(CCN2CCCCC2)s1)Cc1c[nH]c2ccccc12.CCCCC(CC(=O)c1cnc(N2CCCC2)s1)Cc1c[nH]c2ccccc12.CCCCC(CC(=O)c1cnc(N2CCCCC2)s1)Cc1c[nH]c2ccc(F)cc12.CCCCC(CC(=O)c1cnc(N2CCCCC2)s1)Cc1c[nH]c2ccccc12.CCCCC(CC(=O)c1cnc(N2CCN(C)CC2)[nH]1)Cc1c[nH]c2ccccc12. The maximum atomic E-state index is 13.7. The Bertz CT molecular complexity index is 6610. The number of piperidine rings is 3. The first-order valence-electron chi connectivity index (χ1n) is 55.9. The molecule has 15 heterocycles. The van der Waals surface area contributed by atoms with Gasteiger partial charge >= 0.3 is 0 Å². The van der Waals surface area contributed by atoms with Crippen LogP contribution in [0.2, 0.25) is 0 Å². The van der Waals surface area contributed by atoms with Gasteiger partial charge in [-0.15, -0.1) is 11.3 Å². The number of aromatic nitrogens is 11. The maximum absolute atomic E-state index is 13.7. The van der Waals surface area contributed by atoms with Crippen LogP contribution in [-0.2, 0) is 38.5 Å². The van der Waals surface area contributed by atoms with Gasteiger partial charge in [0, 0.05) is 202 Å². The Labute approximate surface area is 891 Å². The van der Waals surface area contributed by atoms with Crippen molar-refractivity contribution >= 4 is 150 Å². The number of Topliss-reactive ketones (excluding diaryl/α,β-unsaturated/α-hetero) is 5. The highest BCUT2D eigenvalue weighted by atomic mass is 32.1. The Morgan fingerprint density at radius 3 is 1.00 bits per heavy atom. The van der Waals surface area contributed by atoms with Crippen LogP contribution in [0.25, 0.3) is 54.5 Å². The van der Waals surface area contributed by atoms with Crippen molar-refractivity contribution in [2.24, 2.45) is 29.6 Å². The fourth-order valence-electron chi connectivity index (χ4n) is 22.1. The number of nitrogens with zero attached hydrogens (tertiary/aromatic N) is 11. The maximum Gasteiger partial charge on any atom is 0.203 e. The largest absolute Gasteiger partial charge is 0.361 e. The van der Waals surface area contributed by atoms with E-state index < -0.39 is 0 Å². The molecule has 788 valence electrons. The van der Waals surface area contributed by atoms with Crippen molar-refractivity contribution in [1.82, 2.24) is 64.6 Å². The molecule has 0 amide bonds. The van der Waals surface area contributed by atoms with E-state index in [1.165, 1.54) is 193 Å². The molecule has 6 N–H and O–H groups in total. The average molecular weight is 2080 g/mol. The third-order valence-electron chi connectivity index (χ3n) is 30.7. The first-order chi connectivity index (χ1) is 72.5. The van der Waals surface area contributed by atoms with Crippen molar-refractivity contribution in [1.29, 1.82) is 0 Å². The van der Waals surface area contributed by atoms with Gasteiger partial charge in [0.2, 0.25) is 5.95 Å². The van der Waals surface area contributed by atoms with Crippen LogP contribution >= 0.6 is 45.3 Å². The van der Waals surface area contributed by atoms with Gasteiger partial charge in [0.15, 0.2) is 44.3 Å². The van der Waals surface area contributed by atoms with Gasteiger partial charge in [-0.2, -0.15) is 0 Å². The van der Waals surface area contributed by atoms with Crippen molar-refractivity contribution in [2.45, 2.75) is 272 Å². The van der Waals surface area contributed by atoms with Gasteiger partial charge in [-0.3, -0.25) is 24.0 Å². The fourth-order valence-corrected chi connectivity index (χ4v) is 25.7. The number of aromatic amines is 6. The normalized spacial score (nSPS) is 15.8. The molecule has 0 aliphatic carbocycles. The minimum atomic E-state index is -0.223. The molecular formula is C121H158FN17O5S4. The van der Waals surface area contributed by atoms with Crippen LogP contribution in [0.5, 0.6) is 0 Å². The van der Waals surface area contributed by atoms with E-state index in [9.17, 15) is 28.4 Å². The van der Waals surface area contributed by atoms with E-state index in [1.807, 2.05) is 12.4 Å².